The van der Waals surface area contributed by atoms with Crippen LogP contribution in [0.15, 0.2) is 24.3 Å². The van der Waals surface area contributed by atoms with Crippen molar-refractivity contribution < 1.29 is 27.4 Å². The molecule has 1 atom stereocenters. The molecule has 0 aliphatic carbocycles. The van der Waals surface area contributed by atoms with E-state index in [1.165, 1.54) is 31.4 Å². The van der Waals surface area contributed by atoms with Crippen LogP contribution in [0.25, 0.3) is 0 Å². The van der Waals surface area contributed by atoms with Gasteiger partial charge in [-0.15, -0.1) is 0 Å². The van der Waals surface area contributed by atoms with E-state index in [2.05, 4.69) is 5.32 Å². The van der Waals surface area contributed by atoms with Crippen molar-refractivity contribution in [3.63, 3.8) is 0 Å². The second kappa shape index (κ2) is 6.77. The van der Waals surface area contributed by atoms with Gasteiger partial charge in [0.15, 0.2) is 5.54 Å². The molecule has 0 aromatic heterocycles. The van der Waals surface area contributed by atoms with E-state index in [4.69, 9.17) is 15.2 Å². The molecule has 0 aliphatic rings. The number of alkyl halides is 3. The smallest absolute Gasteiger partial charge is 0.415 e. The molecule has 118 valence electrons. The van der Waals surface area contributed by atoms with Crippen molar-refractivity contribution in [1.29, 1.82) is 0 Å². The van der Waals surface area contributed by atoms with E-state index in [0.29, 0.717) is 25.9 Å². The maximum atomic E-state index is 12.6. The van der Waals surface area contributed by atoms with E-state index in [0.717, 1.165) is 0 Å². The van der Waals surface area contributed by atoms with Crippen molar-refractivity contribution in [3.05, 3.63) is 24.3 Å². The highest BCUT2D eigenvalue weighted by Crippen LogP contribution is 2.29. The lowest BCUT2D eigenvalue weighted by molar-refractivity contribution is -0.184. The average Bonchev–Trinajstić information content (AvgIpc) is 2.39. The van der Waals surface area contributed by atoms with Crippen LogP contribution in [0.2, 0.25) is 0 Å². The van der Waals surface area contributed by atoms with E-state index < -0.39 is 17.6 Å². The van der Waals surface area contributed by atoms with Crippen molar-refractivity contribution >= 4 is 11.6 Å². The van der Waals surface area contributed by atoms with Crippen LogP contribution in [0, 0.1) is 0 Å². The molecule has 0 spiro atoms. The first-order valence-electron chi connectivity index (χ1n) is 6.07. The fourth-order valence-corrected chi connectivity index (χ4v) is 1.27. The molecule has 3 N–H and O–H groups in total. The summed E-state index contributed by atoms with van der Waals surface area (Å²) in [4.78, 5) is 11.6. The van der Waals surface area contributed by atoms with Gasteiger partial charge in [0.05, 0.1) is 6.61 Å². The zero-order valence-corrected chi connectivity index (χ0v) is 11.7. The number of amides is 1. The van der Waals surface area contributed by atoms with E-state index >= 15 is 0 Å². The minimum Gasteiger partial charge on any atom is -0.491 e. The number of benzene rings is 1. The number of hydrogen-bond acceptors (Lipinski definition) is 4. The first-order chi connectivity index (χ1) is 9.68. The van der Waals surface area contributed by atoms with E-state index in [-0.39, 0.29) is 5.69 Å². The monoisotopic (exact) mass is 306 g/mol. The first-order valence-corrected chi connectivity index (χ1v) is 6.07. The maximum Gasteiger partial charge on any atom is 0.415 e. The molecule has 0 radical (unpaired) electrons. The molecule has 0 heterocycles. The molecule has 5 nitrogen and oxygen atoms in total. The maximum absolute atomic E-state index is 12.6. The summed E-state index contributed by atoms with van der Waals surface area (Å²) >= 11 is 0. The van der Waals surface area contributed by atoms with Gasteiger partial charge < -0.3 is 20.5 Å². The first kappa shape index (κ1) is 17.3. The standard InChI is InChI=1S/C13H17F3N2O3/c1-12(17,13(14,15)16)11(19)18-9-3-5-10(6-4-9)21-8-7-20-2/h3-6H,7-8,17H2,1-2H3,(H,18,19). The Balaban J connectivity index is 2.65. The number of carbonyl (C=O) groups is 1. The van der Waals surface area contributed by atoms with Crippen molar-refractivity contribution in [2.24, 2.45) is 5.73 Å². The lowest BCUT2D eigenvalue weighted by Crippen LogP contribution is -2.59. The van der Waals surface area contributed by atoms with E-state index in [9.17, 15) is 18.0 Å². The van der Waals surface area contributed by atoms with Crippen molar-refractivity contribution in [3.8, 4) is 5.75 Å². The van der Waals surface area contributed by atoms with Gasteiger partial charge in [0.1, 0.15) is 12.4 Å². The van der Waals surface area contributed by atoms with Crippen LogP contribution in [0.4, 0.5) is 18.9 Å². The molecule has 21 heavy (non-hydrogen) atoms. The number of nitrogens with two attached hydrogens (primary N) is 1. The largest absolute Gasteiger partial charge is 0.491 e. The molecule has 1 unspecified atom stereocenters. The molecule has 0 saturated heterocycles. The third-order valence-corrected chi connectivity index (χ3v) is 2.73. The van der Waals surface area contributed by atoms with E-state index in [1.807, 2.05) is 0 Å². The Kier molecular flexibility index (Phi) is 5.56. The third-order valence-electron chi connectivity index (χ3n) is 2.73. The van der Waals surface area contributed by atoms with Crippen LogP contribution in [0.5, 0.6) is 5.75 Å². The lowest BCUT2D eigenvalue weighted by Gasteiger charge is -2.26. The zero-order valence-electron chi connectivity index (χ0n) is 11.7. The summed E-state index contributed by atoms with van der Waals surface area (Å²) in [6.45, 7) is 1.37. The normalized spacial score (nSPS) is 14.4. The predicted octanol–water partition coefficient (Wildman–Crippen LogP) is 1.93. The molecular formula is C13H17F3N2O3. The molecule has 1 rings (SSSR count). The van der Waals surface area contributed by atoms with Crippen LogP contribution in [-0.2, 0) is 9.53 Å². The number of nitrogens with one attached hydrogen (secondary N) is 1. The second-order valence-corrected chi connectivity index (χ2v) is 4.52. The Labute approximate surface area is 120 Å². The summed E-state index contributed by atoms with van der Waals surface area (Å²) in [7, 11) is 1.53. The van der Waals surface area contributed by atoms with Crippen LogP contribution in [-0.4, -0.2) is 37.9 Å². The Morgan fingerprint density at radius 2 is 1.81 bits per heavy atom. The minimum atomic E-state index is -4.83. The highest BCUT2D eigenvalue weighted by molar-refractivity contribution is 5.98. The number of hydrogen-bond donors (Lipinski definition) is 2. The van der Waals surface area contributed by atoms with E-state index in [1.54, 1.807) is 0 Å². The summed E-state index contributed by atoms with van der Waals surface area (Å²) in [6.07, 6.45) is -4.83. The van der Waals surface area contributed by atoms with Crippen LogP contribution in [0.3, 0.4) is 0 Å². The number of anilines is 1. The average molecular weight is 306 g/mol. The second-order valence-electron chi connectivity index (χ2n) is 4.52. The topological polar surface area (TPSA) is 73.6 Å². The summed E-state index contributed by atoms with van der Waals surface area (Å²) in [6, 6.07) is 5.89. The number of rotatable bonds is 6. The highest BCUT2D eigenvalue weighted by Gasteiger charge is 2.53. The molecule has 1 aromatic rings. The molecule has 8 heteroatoms. The molecule has 0 saturated carbocycles. The molecule has 1 amide bonds. The Morgan fingerprint density at radius 3 is 2.29 bits per heavy atom. The summed E-state index contributed by atoms with van der Waals surface area (Å²) in [5.74, 6) is -0.820. The zero-order chi connectivity index (χ0) is 16.1. The Bertz CT molecular complexity index is 473. The SMILES string of the molecule is COCCOc1ccc(NC(=O)C(C)(N)C(F)(F)F)cc1. The number of methoxy groups -OCH3 is 1. The predicted molar refractivity (Wildman–Crippen MR) is 71.1 cm³/mol. The van der Waals surface area contributed by atoms with Gasteiger partial charge in [0.2, 0.25) is 0 Å². The number of ether oxygens (including phenoxy) is 2. The number of carbonyl (C=O) groups excluding carboxylic acids is 1. The van der Waals surface area contributed by atoms with Gasteiger partial charge in [-0.1, -0.05) is 0 Å². The van der Waals surface area contributed by atoms with Gasteiger partial charge in [0.25, 0.3) is 5.91 Å². The molecular weight excluding hydrogens is 289 g/mol. The van der Waals surface area contributed by atoms with Gasteiger partial charge in [0, 0.05) is 12.8 Å². The van der Waals surface area contributed by atoms with Gasteiger partial charge in [-0.05, 0) is 31.2 Å². The lowest BCUT2D eigenvalue weighted by atomic mass is 10.0. The summed E-state index contributed by atoms with van der Waals surface area (Å²) in [5.41, 5.74) is 2.26. The van der Waals surface area contributed by atoms with Gasteiger partial charge in [-0.25, -0.2) is 0 Å². The van der Waals surface area contributed by atoms with Crippen LogP contribution in [0.1, 0.15) is 6.92 Å². The van der Waals surface area contributed by atoms with Crippen LogP contribution < -0.4 is 15.8 Å². The molecule has 0 fully saturated rings. The third kappa shape index (κ3) is 4.61. The fourth-order valence-electron chi connectivity index (χ4n) is 1.27. The molecule has 0 aliphatic heterocycles. The molecule has 1 aromatic carbocycles. The Morgan fingerprint density at radius 1 is 1.24 bits per heavy atom. The Hall–Kier alpha value is -1.80. The van der Waals surface area contributed by atoms with Crippen molar-refractivity contribution in [1.82, 2.24) is 0 Å². The minimum absolute atomic E-state index is 0.194. The molecule has 0 bridgehead atoms. The van der Waals surface area contributed by atoms with Gasteiger partial charge >= 0.3 is 6.18 Å². The van der Waals surface area contributed by atoms with Gasteiger partial charge in [-0.2, -0.15) is 13.2 Å². The summed E-state index contributed by atoms with van der Waals surface area (Å²) in [5, 5.41) is 2.12. The van der Waals surface area contributed by atoms with Gasteiger partial charge in [-0.3, -0.25) is 4.79 Å². The quantitative estimate of drug-likeness (QED) is 0.788. The number of halogens is 3. The van der Waals surface area contributed by atoms with Crippen molar-refractivity contribution in [2.75, 3.05) is 25.6 Å². The highest BCUT2D eigenvalue weighted by atomic mass is 19.4. The fraction of sp³-hybridized carbons (Fsp3) is 0.462. The summed E-state index contributed by atoms with van der Waals surface area (Å²) < 4.78 is 47.9. The van der Waals surface area contributed by atoms with Crippen molar-refractivity contribution in [2.45, 2.75) is 18.6 Å². The van der Waals surface area contributed by atoms with Crippen LogP contribution >= 0.6 is 0 Å².